The van der Waals surface area contributed by atoms with Crippen LogP contribution < -0.4 is 11.1 Å². The van der Waals surface area contributed by atoms with Crippen LogP contribution in [0.4, 0.5) is 0 Å². The van der Waals surface area contributed by atoms with Gasteiger partial charge in [-0.15, -0.1) is 0 Å². The molecule has 0 bridgehead atoms. The fourth-order valence-corrected chi connectivity index (χ4v) is 3.28. The van der Waals surface area contributed by atoms with Gasteiger partial charge >= 0.3 is 0 Å². The molecule has 1 saturated heterocycles. The van der Waals surface area contributed by atoms with Crippen molar-refractivity contribution in [3.63, 3.8) is 0 Å². The van der Waals surface area contributed by atoms with E-state index in [-0.39, 0.29) is 5.91 Å². The van der Waals surface area contributed by atoms with Crippen molar-refractivity contribution < 1.29 is 4.79 Å². The molecule has 21 heavy (non-hydrogen) atoms. The lowest BCUT2D eigenvalue weighted by molar-refractivity contribution is -0.126. The van der Waals surface area contributed by atoms with Gasteiger partial charge in [-0.1, -0.05) is 43.7 Å². The Morgan fingerprint density at radius 3 is 2.67 bits per heavy atom. The van der Waals surface area contributed by atoms with E-state index in [2.05, 4.69) is 17.1 Å². The molecule has 1 heterocycles. The van der Waals surface area contributed by atoms with Gasteiger partial charge in [0.25, 0.3) is 0 Å². The first-order valence-corrected chi connectivity index (χ1v) is 7.94. The molecule has 1 aromatic carbocycles. The van der Waals surface area contributed by atoms with Gasteiger partial charge in [0.1, 0.15) is 5.54 Å². The van der Waals surface area contributed by atoms with Crippen LogP contribution in [0.1, 0.15) is 38.7 Å². The summed E-state index contributed by atoms with van der Waals surface area (Å²) >= 11 is 0. The summed E-state index contributed by atoms with van der Waals surface area (Å²) in [7, 11) is 0. The van der Waals surface area contributed by atoms with Crippen LogP contribution in [-0.2, 0) is 10.3 Å². The molecule has 1 aromatic rings. The van der Waals surface area contributed by atoms with Gasteiger partial charge in [-0.3, -0.25) is 15.0 Å². The van der Waals surface area contributed by atoms with Crippen LogP contribution in [0.3, 0.4) is 0 Å². The quantitative estimate of drug-likeness (QED) is 0.840. The molecule has 1 aliphatic rings. The maximum atomic E-state index is 12.3. The van der Waals surface area contributed by atoms with E-state index in [1.165, 1.54) is 19.3 Å². The molecular weight excluding hydrogens is 262 g/mol. The van der Waals surface area contributed by atoms with Gasteiger partial charge in [0.15, 0.2) is 0 Å². The van der Waals surface area contributed by atoms with Gasteiger partial charge in [-0.2, -0.15) is 0 Å². The summed E-state index contributed by atoms with van der Waals surface area (Å²) in [5, 5.41) is 3.36. The van der Waals surface area contributed by atoms with Crippen LogP contribution in [0.25, 0.3) is 0 Å². The molecule has 116 valence electrons. The van der Waals surface area contributed by atoms with Crippen LogP contribution in [0.15, 0.2) is 30.3 Å². The molecular formula is C17H27N3O. The van der Waals surface area contributed by atoms with Crippen LogP contribution in [0, 0.1) is 0 Å². The minimum absolute atomic E-state index is 0.298. The normalized spacial score (nSPS) is 22.7. The number of hydrogen-bond donors (Lipinski definition) is 2. The average molecular weight is 289 g/mol. The summed E-state index contributed by atoms with van der Waals surface area (Å²) in [5.41, 5.74) is 5.98. The highest BCUT2D eigenvalue weighted by atomic mass is 16.1. The Labute approximate surface area is 127 Å². The SMILES string of the molecule is CCNC(CN1CCCCC1C)(C(N)=O)c1ccccc1. The Balaban J connectivity index is 2.33. The largest absolute Gasteiger partial charge is 0.368 e. The summed E-state index contributed by atoms with van der Waals surface area (Å²) in [6.45, 7) is 6.64. The number of piperidine rings is 1. The van der Waals surface area contributed by atoms with Gasteiger partial charge in [-0.05, 0) is 38.4 Å². The van der Waals surface area contributed by atoms with E-state index < -0.39 is 5.54 Å². The Bertz CT molecular complexity index is 462. The number of amides is 1. The molecule has 1 aliphatic heterocycles. The van der Waals surface area contributed by atoms with E-state index in [4.69, 9.17) is 5.73 Å². The van der Waals surface area contributed by atoms with Crippen molar-refractivity contribution in [3.05, 3.63) is 35.9 Å². The lowest BCUT2D eigenvalue weighted by Gasteiger charge is -2.41. The first kappa shape index (κ1) is 16.0. The highest BCUT2D eigenvalue weighted by Crippen LogP contribution is 2.26. The van der Waals surface area contributed by atoms with Crippen molar-refractivity contribution in [3.8, 4) is 0 Å². The van der Waals surface area contributed by atoms with E-state index in [1.54, 1.807) is 0 Å². The lowest BCUT2D eigenvalue weighted by atomic mass is 9.86. The summed E-state index contributed by atoms with van der Waals surface area (Å²) in [6.07, 6.45) is 3.66. The fourth-order valence-electron chi connectivity index (χ4n) is 3.28. The van der Waals surface area contributed by atoms with Crippen molar-refractivity contribution in [1.82, 2.24) is 10.2 Å². The second kappa shape index (κ2) is 7.05. The number of nitrogens with two attached hydrogens (primary N) is 1. The molecule has 3 N–H and O–H groups in total. The molecule has 0 aromatic heterocycles. The Morgan fingerprint density at radius 1 is 1.38 bits per heavy atom. The van der Waals surface area contributed by atoms with Crippen LogP contribution in [0.2, 0.25) is 0 Å². The van der Waals surface area contributed by atoms with Crippen molar-refractivity contribution in [2.45, 2.75) is 44.7 Å². The Kier molecular flexibility index (Phi) is 5.37. The molecule has 1 amide bonds. The van der Waals surface area contributed by atoms with Crippen LogP contribution in [0.5, 0.6) is 0 Å². The average Bonchev–Trinajstić information content (AvgIpc) is 2.49. The maximum Gasteiger partial charge on any atom is 0.243 e. The summed E-state index contributed by atoms with van der Waals surface area (Å²) < 4.78 is 0. The molecule has 0 aliphatic carbocycles. The zero-order valence-corrected chi connectivity index (χ0v) is 13.1. The second-order valence-corrected chi connectivity index (χ2v) is 5.98. The van der Waals surface area contributed by atoms with Gasteiger partial charge < -0.3 is 5.73 Å². The lowest BCUT2D eigenvalue weighted by Crippen LogP contribution is -2.60. The van der Waals surface area contributed by atoms with E-state index in [0.29, 0.717) is 19.1 Å². The molecule has 4 heteroatoms. The summed E-state index contributed by atoms with van der Waals surface area (Å²) in [5.74, 6) is -0.298. The van der Waals surface area contributed by atoms with Gasteiger partial charge in [0, 0.05) is 12.6 Å². The minimum atomic E-state index is -0.804. The van der Waals surface area contributed by atoms with E-state index in [0.717, 1.165) is 12.1 Å². The molecule has 0 spiro atoms. The predicted octanol–water partition coefficient (Wildman–Crippen LogP) is 1.85. The number of carbonyl (C=O) groups excluding carboxylic acids is 1. The monoisotopic (exact) mass is 289 g/mol. The third kappa shape index (κ3) is 3.44. The standard InChI is InChI=1S/C17H27N3O/c1-3-19-17(16(18)21,15-10-5-4-6-11-15)13-20-12-8-7-9-14(20)2/h4-6,10-11,14,19H,3,7-9,12-13H2,1-2H3,(H2,18,21). The zero-order valence-electron chi connectivity index (χ0n) is 13.1. The second-order valence-electron chi connectivity index (χ2n) is 5.98. The van der Waals surface area contributed by atoms with Gasteiger partial charge in [0.05, 0.1) is 0 Å². The molecule has 2 unspecified atom stereocenters. The highest BCUT2D eigenvalue weighted by molar-refractivity contribution is 5.86. The topological polar surface area (TPSA) is 58.4 Å². The predicted molar refractivity (Wildman–Crippen MR) is 85.9 cm³/mol. The third-order valence-corrected chi connectivity index (χ3v) is 4.55. The molecule has 2 rings (SSSR count). The first-order chi connectivity index (χ1) is 10.1. The molecule has 0 radical (unpaired) electrons. The van der Waals surface area contributed by atoms with Gasteiger partial charge in [0.2, 0.25) is 5.91 Å². The van der Waals surface area contributed by atoms with E-state index in [1.807, 2.05) is 37.3 Å². The Hall–Kier alpha value is -1.39. The number of likely N-dealkylation sites (N-methyl/N-ethyl adjacent to an activating group) is 1. The maximum absolute atomic E-state index is 12.3. The summed E-state index contributed by atoms with van der Waals surface area (Å²) in [4.78, 5) is 14.7. The van der Waals surface area contributed by atoms with Crippen molar-refractivity contribution >= 4 is 5.91 Å². The number of likely N-dealkylation sites (tertiary alicyclic amines) is 1. The number of hydrogen-bond acceptors (Lipinski definition) is 3. The van der Waals surface area contributed by atoms with Crippen molar-refractivity contribution in [2.75, 3.05) is 19.6 Å². The number of carbonyl (C=O) groups is 1. The number of rotatable bonds is 6. The number of benzene rings is 1. The Morgan fingerprint density at radius 2 is 2.10 bits per heavy atom. The summed E-state index contributed by atoms with van der Waals surface area (Å²) in [6, 6.07) is 10.4. The van der Waals surface area contributed by atoms with E-state index >= 15 is 0 Å². The third-order valence-electron chi connectivity index (χ3n) is 4.55. The number of primary amides is 1. The zero-order chi connectivity index (χ0) is 15.3. The number of nitrogens with zero attached hydrogens (tertiary/aromatic N) is 1. The molecule has 2 atom stereocenters. The molecule has 4 nitrogen and oxygen atoms in total. The van der Waals surface area contributed by atoms with Crippen molar-refractivity contribution in [1.29, 1.82) is 0 Å². The van der Waals surface area contributed by atoms with Gasteiger partial charge in [-0.25, -0.2) is 0 Å². The first-order valence-electron chi connectivity index (χ1n) is 7.94. The van der Waals surface area contributed by atoms with E-state index in [9.17, 15) is 4.79 Å². The smallest absolute Gasteiger partial charge is 0.243 e. The molecule has 0 saturated carbocycles. The number of nitrogens with one attached hydrogen (secondary N) is 1. The fraction of sp³-hybridized carbons (Fsp3) is 0.588. The van der Waals surface area contributed by atoms with Crippen LogP contribution >= 0.6 is 0 Å². The van der Waals surface area contributed by atoms with Crippen molar-refractivity contribution in [2.24, 2.45) is 5.73 Å². The molecule has 1 fully saturated rings. The van der Waals surface area contributed by atoms with Crippen LogP contribution in [-0.4, -0.2) is 36.5 Å². The highest BCUT2D eigenvalue weighted by Gasteiger charge is 2.40. The minimum Gasteiger partial charge on any atom is -0.368 e.